The molecule has 0 spiro atoms. The number of imidazole rings is 1. The lowest BCUT2D eigenvalue weighted by molar-refractivity contribution is -0.274. The minimum atomic E-state index is -4.73. The Morgan fingerprint density at radius 1 is 1.05 bits per heavy atom. The first kappa shape index (κ1) is 25.9. The topological polar surface area (TPSA) is 39.4 Å². The van der Waals surface area contributed by atoms with E-state index in [4.69, 9.17) is 23.8 Å². The number of ether oxygens (including phenoxy) is 1. The summed E-state index contributed by atoms with van der Waals surface area (Å²) in [6.07, 6.45) is -0.616. The van der Waals surface area contributed by atoms with Crippen molar-refractivity contribution in [3.05, 3.63) is 101 Å². The van der Waals surface area contributed by atoms with Gasteiger partial charge in [0, 0.05) is 33.6 Å². The molecular weight excluding hydrogens is 531 g/mol. The highest BCUT2D eigenvalue weighted by atomic mass is 35.5. The van der Waals surface area contributed by atoms with Crippen LogP contribution >= 0.6 is 23.8 Å². The Hall–Kier alpha value is -3.75. The molecule has 4 nitrogen and oxygen atoms in total. The van der Waals surface area contributed by atoms with Crippen LogP contribution in [0.2, 0.25) is 5.02 Å². The molecule has 192 valence electrons. The minimum absolute atomic E-state index is 0.273. The van der Waals surface area contributed by atoms with Gasteiger partial charge in [0.25, 0.3) is 0 Å². The number of aliphatic imine (C=N–C) groups is 1. The number of thiocarbonyl (C=S) groups is 1. The van der Waals surface area contributed by atoms with Crippen LogP contribution in [-0.4, -0.2) is 33.5 Å². The Morgan fingerprint density at radius 3 is 2.61 bits per heavy atom. The van der Waals surface area contributed by atoms with E-state index in [1.54, 1.807) is 18.5 Å². The zero-order valence-electron chi connectivity index (χ0n) is 20.2. The highest BCUT2D eigenvalue weighted by Gasteiger charge is 2.31. The highest BCUT2D eigenvalue weighted by molar-refractivity contribution is 7.80. The molecule has 1 aromatic heterocycles. The summed E-state index contributed by atoms with van der Waals surface area (Å²) in [5.74, 6) is -0.273. The van der Waals surface area contributed by atoms with Crippen LogP contribution in [0.15, 0.2) is 84.1 Å². The second-order valence-electron chi connectivity index (χ2n) is 8.83. The highest BCUT2D eigenvalue weighted by Crippen LogP contribution is 2.29. The second-order valence-corrected chi connectivity index (χ2v) is 9.84. The predicted octanol–water partition coefficient (Wildman–Crippen LogP) is 8.07. The third kappa shape index (κ3) is 5.87. The van der Waals surface area contributed by atoms with Crippen LogP contribution < -0.4 is 4.74 Å². The van der Waals surface area contributed by atoms with E-state index in [0.29, 0.717) is 23.7 Å². The summed E-state index contributed by atoms with van der Waals surface area (Å²) >= 11 is 11.6. The average Bonchev–Trinajstić information content (AvgIpc) is 3.30. The number of hydrogen-bond donors (Lipinski definition) is 0. The minimum Gasteiger partial charge on any atom is -0.406 e. The number of fused-ring (bicyclic) bond motifs is 3. The number of aromatic nitrogens is 2. The molecule has 0 aliphatic heterocycles. The van der Waals surface area contributed by atoms with Crippen molar-refractivity contribution in [3.8, 4) is 11.4 Å². The van der Waals surface area contributed by atoms with E-state index in [2.05, 4.69) is 14.7 Å². The number of nitrogens with zero attached hydrogens (tertiary/aromatic N) is 3. The van der Waals surface area contributed by atoms with Gasteiger partial charge in [0.1, 0.15) is 12.1 Å². The quantitative estimate of drug-likeness (QED) is 0.152. The normalized spacial score (nSPS) is 12.0. The van der Waals surface area contributed by atoms with Gasteiger partial charge in [0.05, 0.1) is 17.6 Å². The fourth-order valence-electron chi connectivity index (χ4n) is 4.27. The molecule has 0 unspecified atom stereocenters. The second kappa shape index (κ2) is 10.6. The van der Waals surface area contributed by atoms with E-state index < -0.39 is 6.36 Å². The molecule has 0 radical (unpaired) electrons. The fourth-order valence-corrected chi connectivity index (χ4v) is 4.70. The van der Waals surface area contributed by atoms with E-state index in [9.17, 15) is 13.2 Å². The third-order valence-electron chi connectivity index (χ3n) is 6.11. The molecule has 0 bridgehead atoms. The van der Waals surface area contributed by atoms with Crippen LogP contribution in [-0.2, 0) is 6.42 Å². The number of aryl methyl sites for hydroxylation is 1. The van der Waals surface area contributed by atoms with Gasteiger partial charge in [-0.25, -0.2) is 4.98 Å². The summed E-state index contributed by atoms with van der Waals surface area (Å²) in [6, 6.07) is 21.4. The molecule has 0 N–H and O–H groups in total. The molecule has 5 rings (SSSR count). The molecule has 0 aliphatic rings. The first-order chi connectivity index (χ1) is 18.2. The number of hydrogen-bond acceptors (Lipinski definition) is 4. The Balaban J connectivity index is 1.32. The van der Waals surface area contributed by atoms with Crippen LogP contribution in [0.4, 0.5) is 13.2 Å². The monoisotopic (exact) mass is 551 g/mol. The van der Waals surface area contributed by atoms with Crippen molar-refractivity contribution >= 4 is 56.7 Å². The van der Waals surface area contributed by atoms with E-state index in [-0.39, 0.29) is 5.75 Å². The van der Waals surface area contributed by atoms with Crippen molar-refractivity contribution < 1.29 is 17.9 Å². The molecule has 0 amide bonds. The van der Waals surface area contributed by atoms with Crippen LogP contribution in [0.3, 0.4) is 0 Å². The Labute approximate surface area is 227 Å². The first-order valence-electron chi connectivity index (χ1n) is 11.7. The molecule has 4 aromatic carbocycles. The predicted molar refractivity (Wildman–Crippen MR) is 150 cm³/mol. The lowest BCUT2D eigenvalue weighted by atomic mass is 10.0. The summed E-state index contributed by atoms with van der Waals surface area (Å²) in [7, 11) is 0. The fraction of sp³-hybridized carbons (Fsp3) is 0.138. The maximum absolute atomic E-state index is 12.5. The van der Waals surface area contributed by atoms with Gasteiger partial charge >= 0.3 is 6.36 Å². The summed E-state index contributed by atoms with van der Waals surface area (Å²) in [5.41, 5.74) is 5.51. The van der Waals surface area contributed by atoms with Crippen LogP contribution in [0.25, 0.3) is 27.5 Å². The Kier molecular flexibility index (Phi) is 7.19. The van der Waals surface area contributed by atoms with E-state index in [1.165, 1.54) is 12.1 Å². The number of rotatable bonds is 7. The van der Waals surface area contributed by atoms with Crippen LogP contribution in [0, 0.1) is 6.92 Å². The molecule has 0 fully saturated rings. The SMILES string of the molecule is Cc1ccc(Cl)cc1CC(=S)CN=Cc1ccc2c(ccc3c2ncn3-c2ccc(OC(F)(F)F)cc2)c1. The summed E-state index contributed by atoms with van der Waals surface area (Å²) in [4.78, 5) is 9.93. The van der Waals surface area contributed by atoms with Gasteiger partial charge in [-0.1, -0.05) is 48.1 Å². The molecule has 9 heteroatoms. The third-order valence-corrected chi connectivity index (χ3v) is 6.62. The molecule has 0 saturated heterocycles. The first-order valence-corrected chi connectivity index (χ1v) is 12.5. The average molecular weight is 552 g/mol. The molecule has 1 heterocycles. The van der Waals surface area contributed by atoms with Crippen LogP contribution in [0.5, 0.6) is 5.75 Å². The standard InChI is InChI=1S/C29H21ClF3N3OS/c1-18-2-5-22(30)13-21(18)14-25(38)16-34-15-19-3-10-26-20(12-19)4-11-27-28(26)35-17-36(27)23-6-8-24(9-7-23)37-29(31,32)33/h2-13,15,17H,14,16H2,1H3. The zero-order chi connectivity index (χ0) is 26.9. The van der Waals surface area contributed by atoms with Gasteiger partial charge in [-0.3, -0.25) is 9.56 Å². The van der Waals surface area contributed by atoms with Crippen molar-refractivity contribution in [2.45, 2.75) is 19.7 Å². The van der Waals surface area contributed by atoms with Crippen molar-refractivity contribution in [2.75, 3.05) is 6.54 Å². The van der Waals surface area contributed by atoms with Gasteiger partial charge in [-0.2, -0.15) is 0 Å². The smallest absolute Gasteiger partial charge is 0.406 e. The Bertz CT molecular complexity index is 1680. The molecule has 38 heavy (non-hydrogen) atoms. The van der Waals surface area contributed by atoms with Gasteiger partial charge < -0.3 is 4.74 Å². The van der Waals surface area contributed by atoms with Gasteiger partial charge in [-0.05, 0) is 77.5 Å². The van der Waals surface area contributed by atoms with Gasteiger partial charge in [0.15, 0.2) is 0 Å². The van der Waals surface area contributed by atoms with E-state index in [1.807, 2.05) is 66.2 Å². The molecule has 0 aliphatic carbocycles. The van der Waals surface area contributed by atoms with Gasteiger partial charge in [-0.15, -0.1) is 13.2 Å². The maximum atomic E-state index is 12.5. The van der Waals surface area contributed by atoms with Crippen molar-refractivity contribution in [1.29, 1.82) is 0 Å². The largest absolute Gasteiger partial charge is 0.573 e. The van der Waals surface area contributed by atoms with E-state index >= 15 is 0 Å². The lowest BCUT2D eigenvalue weighted by Crippen LogP contribution is -2.17. The van der Waals surface area contributed by atoms with Crippen molar-refractivity contribution in [1.82, 2.24) is 9.55 Å². The summed E-state index contributed by atoms with van der Waals surface area (Å²) in [6.45, 7) is 2.48. The zero-order valence-corrected chi connectivity index (χ0v) is 21.7. The summed E-state index contributed by atoms with van der Waals surface area (Å²) in [5, 5.41) is 2.65. The van der Waals surface area contributed by atoms with Crippen molar-refractivity contribution in [3.63, 3.8) is 0 Å². The number of halogens is 4. The van der Waals surface area contributed by atoms with Crippen molar-refractivity contribution in [2.24, 2.45) is 4.99 Å². The van der Waals surface area contributed by atoms with E-state index in [0.717, 1.165) is 43.4 Å². The maximum Gasteiger partial charge on any atom is 0.573 e. The molecule has 5 aromatic rings. The molecular formula is C29H21ClF3N3OS. The summed E-state index contributed by atoms with van der Waals surface area (Å²) < 4.78 is 43.1. The van der Waals surface area contributed by atoms with Gasteiger partial charge in [0.2, 0.25) is 0 Å². The van der Waals surface area contributed by atoms with Crippen LogP contribution in [0.1, 0.15) is 16.7 Å². The number of benzene rings is 4. The molecule has 0 atom stereocenters. The Morgan fingerprint density at radius 2 is 1.84 bits per heavy atom. The lowest BCUT2D eigenvalue weighted by Gasteiger charge is -2.10. The number of alkyl halides is 3. The molecule has 0 saturated carbocycles.